The van der Waals surface area contributed by atoms with Gasteiger partial charge < -0.3 is 14.4 Å². The van der Waals surface area contributed by atoms with Crippen LogP contribution in [0.4, 0.5) is 0 Å². The molecule has 0 saturated carbocycles. The molecule has 0 saturated heterocycles. The Bertz CT molecular complexity index is 738. The first-order valence-corrected chi connectivity index (χ1v) is 6.50. The molecule has 0 atom stereocenters. The van der Waals surface area contributed by atoms with Crippen LogP contribution in [0.15, 0.2) is 53.1 Å². The third-order valence-electron chi connectivity index (χ3n) is 3.10. The summed E-state index contributed by atoms with van der Waals surface area (Å²) in [6, 6.07) is 14.8. The van der Waals surface area contributed by atoms with Gasteiger partial charge in [0.25, 0.3) is 5.89 Å². The van der Waals surface area contributed by atoms with Crippen LogP contribution in [0.5, 0.6) is 11.5 Å². The molecule has 1 heterocycles. The molecule has 1 aromatic heterocycles. The van der Waals surface area contributed by atoms with Crippen molar-refractivity contribution in [3.63, 3.8) is 0 Å². The zero-order valence-electron chi connectivity index (χ0n) is 11.5. The molecule has 0 fully saturated rings. The molecule has 0 unspecified atom stereocenters. The van der Waals surface area contributed by atoms with Gasteiger partial charge in [-0.05, 0) is 23.8 Å². The second kappa shape index (κ2) is 5.66. The highest BCUT2D eigenvalue weighted by atomic mass is 16.5. The van der Waals surface area contributed by atoms with Gasteiger partial charge in [0.2, 0.25) is 0 Å². The molecule has 0 aliphatic heterocycles. The maximum atomic E-state index is 9.59. The number of hydrogen-bond donors (Lipinski definition) is 1. The van der Waals surface area contributed by atoms with E-state index < -0.39 is 0 Å². The molecule has 0 bridgehead atoms. The van der Waals surface area contributed by atoms with Gasteiger partial charge in [0, 0.05) is 12.0 Å². The van der Waals surface area contributed by atoms with Crippen LogP contribution in [0, 0.1) is 0 Å². The van der Waals surface area contributed by atoms with E-state index in [0.717, 1.165) is 5.56 Å². The van der Waals surface area contributed by atoms with E-state index >= 15 is 0 Å². The Morgan fingerprint density at radius 1 is 1.14 bits per heavy atom. The van der Waals surface area contributed by atoms with Crippen LogP contribution in [0.1, 0.15) is 11.4 Å². The molecule has 21 heavy (non-hydrogen) atoms. The molecule has 5 nitrogen and oxygen atoms in total. The third kappa shape index (κ3) is 2.86. The molecular weight excluding hydrogens is 268 g/mol. The summed E-state index contributed by atoms with van der Waals surface area (Å²) in [6.07, 6.45) is 0.611. The molecule has 0 spiro atoms. The summed E-state index contributed by atoms with van der Waals surface area (Å²) in [4.78, 5) is 4.37. The maximum absolute atomic E-state index is 9.59. The van der Waals surface area contributed by atoms with Crippen molar-refractivity contribution in [2.24, 2.45) is 0 Å². The summed E-state index contributed by atoms with van der Waals surface area (Å²) in [6.45, 7) is 0. The van der Waals surface area contributed by atoms with Gasteiger partial charge in [-0.15, -0.1) is 0 Å². The van der Waals surface area contributed by atoms with E-state index in [2.05, 4.69) is 10.1 Å². The lowest BCUT2D eigenvalue weighted by molar-refractivity contribution is 0.373. The average molecular weight is 282 g/mol. The number of phenols is 1. The van der Waals surface area contributed by atoms with Crippen molar-refractivity contribution in [3.05, 3.63) is 59.9 Å². The van der Waals surface area contributed by atoms with E-state index in [-0.39, 0.29) is 5.75 Å². The van der Waals surface area contributed by atoms with Crippen LogP contribution in [-0.2, 0) is 6.42 Å². The highest BCUT2D eigenvalue weighted by Gasteiger charge is 2.12. The van der Waals surface area contributed by atoms with Crippen molar-refractivity contribution < 1.29 is 14.4 Å². The number of aromatic hydroxyl groups is 1. The van der Waals surface area contributed by atoms with E-state index in [1.807, 2.05) is 30.3 Å². The lowest BCUT2D eigenvalue weighted by Crippen LogP contribution is -1.90. The summed E-state index contributed by atoms with van der Waals surface area (Å²) >= 11 is 0. The fourth-order valence-electron chi connectivity index (χ4n) is 2.03. The Balaban J connectivity index is 1.85. The highest BCUT2D eigenvalue weighted by Crippen LogP contribution is 2.30. The highest BCUT2D eigenvalue weighted by molar-refractivity contribution is 5.59. The summed E-state index contributed by atoms with van der Waals surface area (Å²) in [5.74, 6) is 1.46. The molecule has 0 aliphatic carbocycles. The average Bonchev–Trinajstić information content (AvgIpc) is 2.97. The molecule has 5 heteroatoms. The van der Waals surface area contributed by atoms with Gasteiger partial charge in [0.1, 0.15) is 0 Å². The van der Waals surface area contributed by atoms with E-state index in [9.17, 15) is 5.11 Å². The van der Waals surface area contributed by atoms with Crippen molar-refractivity contribution in [3.8, 4) is 23.0 Å². The van der Waals surface area contributed by atoms with Crippen LogP contribution in [0.2, 0.25) is 0 Å². The number of phenolic OH excluding ortho intramolecular Hbond substituents is 1. The predicted octanol–water partition coefficient (Wildman–Crippen LogP) is 3.04. The SMILES string of the molecule is COc1cc(-c2nc(Cc3ccccc3)no2)ccc1O. The first-order valence-electron chi connectivity index (χ1n) is 6.50. The Morgan fingerprint density at radius 3 is 2.71 bits per heavy atom. The lowest BCUT2D eigenvalue weighted by atomic mass is 10.1. The van der Waals surface area contributed by atoms with Crippen LogP contribution in [-0.4, -0.2) is 22.4 Å². The summed E-state index contributed by atoms with van der Waals surface area (Å²) in [5, 5.41) is 13.6. The Hall–Kier alpha value is -2.82. The largest absolute Gasteiger partial charge is 0.504 e. The second-order valence-electron chi connectivity index (χ2n) is 4.56. The number of methoxy groups -OCH3 is 1. The maximum Gasteiger partial charge on any atom is 0.258 e. The van der Waals surface area contributed by atoms with Crippen LogP contribution >= 0.6 is 0 Å². The first kappa shape index (κ1) is 13.2. The molecule has 1 N–H and O–H groups in total. The van der Waals surface area contributed by atoms with Crippen molar-refractivity contribution in [2.45, 2.75) is 6.42 Å². The number of aromatic nitrogens is 2. The van der Waals surface area contributed by atoms with Crippen molar-refractivity contribution in [1.82, 2.24) is 10.1 Å². The van der Waals surface area contributed by atoms with Gasteiger partial charge >= 0.3 is 0 Å². The third-order valence-corrected chi connectivity index (χ3v) is 3.10. The summed E-state index contributed by atoms with van der Waals surface area (Å²) in [5.41, 5.74) is 1.82. The molecule has 0 aliphatic rings. The molecule has 0 radical (unpaired) electrons. The number of ether oxygens (including phenoxy) is 1. The molecule has 3 rings (SSSR count). The van der Waals surface area contributed by atoms with E-state index in [1.165, 1.54) is 13.2 Å². The minimum atomic E-state index is 0.0743. The number of benzene rings is 2. The molecular formula is C16H14N2O3. The standard InChI is InChI=1S/C16H14N2O3/c1-20-14-10-12(7-8-13(14)19)16-17-15(18-21-16)9-11-5-3-2-4-6-11/h2-8,10,19H,9H2,1H3. The smallest absolute Gasteiger partial charge is 0.258 e. The van der Waals surface area contributed by atoms with Gasteiger partial charge in [-0.1, -0.05) is 35.5 Å². The van der Waals surface area contributed by atoms with Crippen molar-refractivity contribution in [2.75, 3.05) is 7.11 Å². The molecule has 3 aromatic rings. The second-order valence-corrected chi connectivity index (χ2v) is 4.56. The minimum Gasteiger partial charge on any atom is -0.504 e. The van der Waals surface area contributed by atoms with Crippen LogP contribution in [0.25, 0.3) is 11.5 Å². The molecule has 2 aromatic carbocycles. The normalized spacial score (nSPS) is 10.5. The van der Waals surface area contributed by atoms with Crippen molar-refractivity contribution in [1.29, 1.82) is 0 Å². The van der Waals surface area contributed by atoms with E-state index in [1.54, 1.807) is 12.1 Å². The number of rotatable bonds is 4. The number of nitrogens with zero attached hydrogens (tertiary/aromatic N) is 2. The monoisotopic (exact) mass is 282 g/mol. The predicted molar refractivity (Wildman–Crippen MR) is 77.2 cm³/mol. The minimum absolute atomic E-state index is 0.0743. The fraction of sp³-hybridized carbons (Fsp3) is 0.125. The van der Waals surface area contributed by atoms with E-state index in [0.29, 0.717) is 29.4 Å². The molecule has 0 amide bonds. The van der Waals surface area contributed by atoms with Gasteiger partial charge in [0.05, 0.1) is 7.11 Å². The zero-order chi connectivity index (χ0) is 14.7. The van der Waals surface area contributed by atoms with Crippen molar-refractivity contribution >= 4 is 0 Å². The Morgan fingerprint density at radius 2 is 1.95 bits per heavy atom. The van der Waals surface area contributed by atoms with Gasteiger partial charge in [0.15, 0.2) is 17.3 Å². The Labute approximate surface area is 121 Å². The number of hydrogen-bond acceptors (Lipinski definition) is 5. The quantitative estimate of drug-likeness (QED) is 0.796. The fourth-order valence-corrected chi connectivity index (χ4v) is 2.03. The zero-order valence-corrected chi connectivity index (χ0v) is 11.5. The first-order chi connectivity index (χ1) is 10.3. The van der Waals surface area contributed by atoms with E-state index in [4.69, 9.17) is 9.26 Å². The summed E-state index contributed by atoms with van der Waals surface area (Å²) in [7, 11) is 1.49. The van der Waals surface area contributed by atoms with Crippen LogP contribution in [0.3, 0.4) is 0 Å². The molecule has 106 valence electrons. The van der Waals surface area contributed by atoms with Gasteiger partial charge in [-0.25, -0.2) is 0 Å². The van der Waals surface area contributed by atoms with Gasteiger partial charge in [-0.2, -0.15) is 4.98 Å². The summed E-state index contributed by atoms with van der Waals surface area (Å²) < 4.78 is 10.3. The topological polar surface area (TPSA) is 68.4 Å². The van der Waals surface area contributed by atoms with Crippen LogP contribution < -0.4 is 4.74 Å². The lowest BCUT2D eigenvalue weighted by Gasteiger charge is -2.03. The Kier molecular flexibility index (Phi) is 3.55. The van der Waals surface area contributed by atoms with Gasteiger partial charge in [-0.3, -0.25) is 0 Å².